The van der Waals surface area contributed by atoms with Crippen molar-refractivity contribution in [2.45, 2.75) is 6.42 Å². The van der Waals surface area contributed by atoms with Gasteiger partial charge in [-0.2, -0.15) is 0 Å². The van der Waals surface area contributed by atoms with Crippen molar-refractivity contribution in [3.8, 4) is 5.75 Å². The van der Waals surface area contributed by atoms with Gasteiger partial charge in [0.15, 0.2) is 11.3 Å². The van der Waals surface area contributed by atoms with Crippen LogP contribution in [0.5, 0.6) is 5.75 Å². The lowest BCUT2D eigenvalue weighted by Crippen LogP contribution is -1.89. The highest BCUT2D eigenvalue weighted by Gasteiger charge is 2.13. The number of aliphatic hydroxyl groups is 1. The second-order valence-corrected chi connectivity index (χ2v) is 4.04. The van der Waals surface area contributed by atoms with Crippen LogP contribution in [0.25, 0.3) is 11.0 Å². The van der Waals surface area contributed by atoms with Gasteiger partial charge in [0, 0.05) is 22.0 Å². The van der Waals surface area contributed by atoms with Crippen LogP contribution in [-0.4, -0.2) is 18.8 Å². The van der Waals surface area contributed by atoms with Gasteiger partial charge in [0.05, 0.1) is 13.4 Å². The topological polar surface area (TPSA) is 42.6 Å². The van der Waals surface area contributed by atoms with Crippen molar-refractivity contribution in [1.29, 1.82) is 0 Å². The molecule has 15 heavy (non-hydrogen) atoms. The van der Waals surface area contributed by atoms with Crippen LogP contribution < -0.4 is 4.74 Å². The summed E-state index contributed by atoms with van der Waals surface area (Å²) in [5.41, 5.74) is 1.70. The molecule has 1 aromatic heterocycles. The average Bonchev–Trinajstić information content (AvgIpc) is 2.64. The van der Waals surface area contributed by atoms with Crippen molar-refractivity contribution in [1.82, 2.24) is 0 Å². The molecule has 0 unspecified atom stereocenters. The van der Waals surface area contributed by atoms with Crippen LogP contribution in [-0.2, 0) is 6.42 Å². The smallest absolute Gasteiger partial charge is 0.177 e. The van der Waals surface area contributed by atoms with Crippen molar-refractivity contribution in [3.05, 3.63) is 28.4 Å². The molecule has 1 N–H and O–H groups in total. The molecule has 0 aliphatic rings. The number of hydrogen-bond acceptors (Lipinski definition) is 3. The van der Waals surface area contributed by atoms with Crippen LogP contribution in [0.4, 0.5) is 0 Å². The highest BCUT2D eigenvalue weighted by atomic mass is 79.9. The van der Waals surface area contributed by atoms with Crippen LogP contribution in [0.3, 0.4) is 0 Å². The van der Waals surface area contributed by atoms with E-state index in [1.54, 1.807) is 13.4 Å². The summed E-state index contributed by atoms with van der Waals surface area (Å²) in [6, 6.07) is 3.76. The zero-order valence-corrected chi connectivity index (χ0v) is 9.87. The molecule has 0 radical (unpaired) electrons. The van der Waals surface area contributed by atoms with Crippen molar-refractivity contribution in [2.24, 2.45) is 0 Å². The zero-order chi connectivity index (χ0) is 10.8. The first-order valence-electron chi connectivity index (χ1n) is 4.61. The number of methoxy groups -OCH3 is 1. The number of fused-ring (bicyclic) bond motifs is 1. The van der Waals surface area contributed by atoms with E-state index >= 15 is 0 Å². The zero-order valence-electron chi connectivity index (χ0n) is 8.29. The number of rotatable bonds is 3. The Balaban J connectivity index is 2.67. The predicted molar refractivity (Wildman–Crippen MR) is 61.3 cm³/mol. The van der Waals surface area contributed by atoms with Gasteiger partial charge in [-0.1, -0.05) is 15.9 Å². The van der Waals surface area contributed by atoms with Gasteiger partial charge in [-0.3, -0.25) is 0 Å². The summed E-state index contributed by atoms with van der Waals surface area (Å²) in [6.45, 7) is 0.109. The molecular weight excluding hydrogens is 260 g/mol. The Hall–Kier alpha value is -1.00. The summed E-state index contributed by atoms with van der Waals surface area (Å²) in [4.78, 5) is 0. The molecule has 0 fully saturated rings. The first-order valence-corrected chi connectivity index (χ1v) is 5.40. The van der Waals surface area contributed by atoms with Gasteiger partial charge < -0.3 is 14.3 Å². The minimum absolute atomic E-state index is 0.109. The van der Waals surface area contributed by atoms with E-state index in [1.165, 1.54) is 0 Å². The number of aliphatic hydroxyl groups excluding tert-OH is 1. The molecule has 80 valence electrons. The molecule has 2 aromatic rings. The highest BCUT2D eigenvalue weighted by Crippen LogP contribution is 2.35. The third-order valence-electron chi connectivity index (χ3n) is 2.31. The Bertz CT molecular complexity index is 476. The molecule has 0 atom stereocenters. The van der Waals surface area contributed by atoms with Crippen LogP contribution in [0.15, 0.2) is 27.3 Å². The minimum Gasteiger partial charge on any atom is -0.493 e. The van der Waals surface area contributed by atoms with E-state index in [0.717, 1.165) is 21.0 Å². The first-order chi connectivity index (χ1) is 7.27. The molecule has 0 saturated heterocycles. The molecule has 2 rings (SSSR count). The quantitative estimate of drug-likeness (QED) is 0.933. The molecule has 0 saturated carbocycles. The second-order valence-electron chi connectivity index (χ2n) is 3.19. The van der Waals surface area contributed by atoms with Crippen LogP contribution in [0.1, 0.15) is 5.56 Å². The van der Waals surface area contributed by atoms with Gasteiger partial charge in [-0.25, -0.2) is 0 Å². The molecule has 1 aromatic carbocycles. The average molecular weight is 271 g/mol. The third-order valence-corrected chi connectivity index (χ3v) is 2.97. The highest BCUT2D eigenvalue weighted by molar-refractivity contribution is 9.10. The van der Waals surface area contributed by atoms with E-state index in [1.807, 2.05) is 12.1 Å². The lowest BCUT2D eigenvalue weighted by atomic mass is 10.1. The van der Waals surface area contributed by atoms with Gasteiger partial charge in [0.2, 0.25) is 0 Å². The third kappa shape index (κ3) is 1.75. The Morgan fingerprint density at radius 3 is 2.93 bits per heavy atom. The summed E-state index contributed by atoms with van der Waals surface area (Å²) in [5, 5.41) is 9.90. The number of halogens is 1. The van der Waals surface area contributed by atoms with E-state index in [9.17, 15) is 0 Å². The molecule has 4 heteroatoms. The molecule has 0 bridgehead atoms. The van der Waals surface area contributed by atoms with E-state index in [0.29, 0.717) is 12.2 Å². The van der Waals surface area contributed by atoms with E-state index in [-0.39, 0.29) is 6.61 Å². The molecular formula is C11H11BrO3. The van der Waals surface area contributed by atoms with E-state index < -0.39 is 0 Å². The van der Waals surface area contributed by atoms with Crippen molar-refractivity contribution >= 4 is 26.9 Å². The second kappa shape index (κ2) is 4.24. The molecule has 1 heterocycles. The Kier molecular flexibility index (Phi) is 2.98. The molecule has 3 nitrogen and oxygen atoms in total. The minimum atomic E-state index is 0.109. The fourth-order valence-electron chi connectivity index (χ4n) is 1.61. The normalized spacial score (nSPS) is 10.9. The number of furan rings is 1. The fraction of sp³-hybridized carbons (Fsp3) is 0.273. The first kappa shape index (κ1) is 10.5. The van der Waals surface area contributed by atoms with Crippen LogP contribution in [0, 0.1) is 0 Å². The number of ether oxygens (including phenoxy) is 1. The van der Waals surface area contributed by atoms with Gasteiger partial charge >= 0.3 is 0 Å². The molecule has 0 aliphatic carbocycles. The number of hydrogen-bond donors (Lipinski definition) is 1. The lowest BCUT2D eigenvalue weighted by molar-refractivity contribution is 0.299. The monoisotopic (exact) mass is 270 g/mol. The van der Waals surface area contributed by atoms with Crippen LogP contribution in [0.2, 0.25) is 0 Å². The molecule has 0 amide bonds. The summed E-state index contributed by atoms with van der Waals surface area (Å²) < 4.78 is 11.6. The molecule has 0 spiro atoms. The number of benzene rings is 1. The Morgan fingerprint density at radius 2 is 2.27 bits per heavy atom. The van der Waals surface area contributed by atoms with Gasteiger partial charge in [-0.15, -0.1) is 0 Å². The maximum Gasteiger partial charge on any atom is 0.177 e. The van der Waals surface area contributed by atoms with Crippen molar-refractivity contribution in [3.63, 3.8) is 0 Å². The Morgan fingerprint density at radius 1 is 1.47 bits per heavy atom. The standard InChI is InChI=1S/C11H11BrO3/c1-14-9-3-2-8(12)10-7(4-5-13)6-15-11(9)10/h2-3,6,13H,4-5H2,1H3. The van der Waals surface area contributed by atoms with Gasteiger partial charge in [-0.05, 0) is 18.6 Å². The van der Waals surface area contributed by atoms with Crippen molar-refractivity contribution in [2.75, 3.05) is 13.7 Å². The van der Waals surface area contributed by atoms with Crippen LogP contribution >= 0.6 is 15.9 Å². The summed E-state index contributed by atoms with van der Waals surface area (Å²) in [5.74, 6) is 0.706. The SMILES string of the molecule is COc1ccc(Br)c2c(CCO)coc12. The lowest BCUT2D eigenvalue weighted by Gasteiger charge is -2.02. The largest absolute Gasteiger partial charge is 0.493 e. The summed E-state index contributed by atoms with van der Waals surface area (Å²) >= 11 is 3.46. The van der Waals surface area contributed by atoms with Gasteiger partial charge in [0.1, 0.15) is 0 Å². The maximum atomic E-state index is 8.93. The molecule has 0 aliphatic heterocycles. The fourth-order valence-corrected chi connectivity index (χ4v) is 2.18. The maximum absolute atomic E-state index is 8.93. The van der Waals surface area contributed by atoms with Crippen molar-refractivity contribution < 1.29 is 14.3 Å². The Labute approximate surface area is 95.8 Å². The summed E-state index contributed by atoms with van der Waals surface area (Å²) in [7, 11) is 1.61. The van der Waals surface area contributed by atoms with Gasteiger partial charge in [0.25, 0.3) is 0 Å². The van der Waals surface area contributed by atoms with E-state index in [4.69, 9.17) is 14.3 Å². The van der Waals surface area contributed by atoms with E-state index in [2.05, 4.69) is 15.9 Å². The summed E-state index contributed by atoms with van der Waals surface area (Å²) in [6.07, 6.45) is 2.24. The predicted octanol–water partition coefficient (Wildman–Crippen LogP) is 2.74.